The summed E-state index contributed by atoms with van der Waals surface area (Å²) in [4.78, 5) is 25.4. The van der Waals surface area contributed by atoms with Gasteiger partial charge in [0.25, 0.3) is 5.91 Å². The fraction of sp³-hybridized carbons (Fsp3) is 0.467. The number of aliphatic hydroxyl groups is 1. The van der Waals surface area contributed by atoms with Crippen molar-refractivity contribution in [3.05, 3.63) is 34.9 Å². The minimum atomic E-state index is -0.956. The van der Waals surface area contributed by atoms with E-state index < -0.39 is 17.7 Å². The number of nitrogens with zero attached hydrogens (tertiary/aromatic N) is 1. The van der Waals surface area contributed by atoms with E-state index in [0.29, 0.717) is 17.0 Å². The molecule has 2 N–H and O–H groups in total. The Kier molecular flexibility index (Phi) is 4.54. The van der Waals surface area contributed by atoms with E-state index in [1.54, 1.807) is 31.2 Å². The summed E-state index contributed by atoms with van der Waals surface area (Å²) >= 11 is 5.88. The van der Waals surface area contributed by atoms with Crippen LogP contribution in [-0.4, -0.2) is 34.0 Å². The van der Waals surface area contributed by atoms with Crippen LogP contribution >= 0.6 is 11.6 Å². The second kappa shape index (κ2) is 6.03. The molecule has 1 aromatic carbocycles. The number of nitrogens with one attached hydrogen (secondary N) is 1. The summed E-state index contributed by atoms with van der Waals surface area (Å²) in [6.45, 7) is 3.58. The highest BCUT2D eigenvalue weighted by Gasteiger charge is 2.47. The van der Waals surface area contributed by atoms with Crippen LogP contribution in [0.15, 0.2) is 24.3 Å². The summed E-state index contributed by atoms with van der Waals surface area (Å²) in [6, 6.07) is 6.28. The Morgan fingerprint density at radius 3 is 2.76 bits per heavy atom. The molecule has 6 heteroatoms. The summed E-state index contributed by atoms with van der Waals surface area (Å²) < 4.78 is 0. The van der Waals surface area contributed by atoms with Crippen molar-refractivity contribution < 1.29 is 14.7 Å². The predicted octanol–water partition coefficient (Wildman–Crippen LogP) is 2.48. The van der Waals surface area contributed by atoms with Crippen molar-refractivity contribution >= 4 is 23.5 Å². The minimum absolute atomic E-state index is 0.0791. The molecule has 114 valence electrons. The zero-order valence-corrected chi connectivity index (χ0v) is 12.9. The first-order chi connectivity index (χ1) is 9.87. The van der Waals surface area contributed by atoms with Gasteiger partial charge in [-0.1, -0.05) is 37.1 Å². The maximum Gasteiger partial charge on any atom is 0.325 e. The average Bonchev–Trinajstić information content (AvgIpc) is 2.62. The molecule has 0 aromatic heterocycles. The first-order valence-corrected chi connectivity index (χ1v) is 7.33. The van der Waals surface area contributed by atoms with E-state index in [9.17, 15) is 14.7 Å². The molecule has 2 unspecified atom stereocenters. The van der Waals surface area contributed by atoms with Gasteiger partial charge < -0.3 is 10.4 Å². The van der Waals surface area contributed by atoms with Crippen LogP contribution in [0.5, 0.6) is 0 Å². The van der Waals surface area contributed by atoms with Gasteiger partial charge in [0, 0.05) is 5.02 Å². The van der Waals surface area contributed by atoms with Crippen molar-refractivity contribution in [1.82, 2.24) is 10.2 Å². The molecule has 1 aliphatic rings. The summed E-state index contributed by atoms with van der Waals surface area (Å²) in [7, 11) is 0. The van der Waals surface area contributed by atoms with Crippen LogP contribution in [0.4, 0.5) is 4.79 Å². The number of imide groups is 1. The van der Waals surface area contributed by atoms with Crippen molar-refractivity contribution in [2.24, 2.45) is 0 Å². The predicted molar refractivity (Wildman–Crippen MR) is 80.0 cm³/mol. The Hall–Kier alpha value is -1.59. The largest absolute Gasteiger partial charge is 0.387 e. The van der Waals surface area contributed by atoms with E-state index in [-0.39, 0.29) is 12.5 Å². The van der Waals surface area contributed by atoms with Crippen molar-refractivity contribution in [3.8, 4) is 0 Å². The molecule has 0 aliphatic carbocycles. The van der Waals surface area contributed by atoms with E-state index >= 15 is 0 Å². The topological polar surface area (TPSA) is 69.6 Å². The van der Waals surface area contributed by atoms with Gasteiger partial charge in [-0.25, -0.2) is 4.79 Å². The zero-order valence-electron chi connectivity index (χ0n) is 12.1. The molecule has 3 amide bonds. The lowest BCUT2D eigenvalue weighted by Crippen LogP contribution is -2.44. The number of carbonyl (C=O) groups excluding carboxylic acids is 2. The van der Waals surface area contributed by atoms with Gasteiger partial charge in [0.05, 0.1) is 12.6 Å². The molecular weight excluding hydrogens is 292 g/mol. The minimum Gasteiger partial charge on any atom is -0.387 e. The number of benzene rings is 1. The number of rotatable bonds is 5. The van der Waals surface area contributed by atoms with Gasteiger partial charge >= 0.3 is 6.03 Å². The maximum atomic E-state index is 12.4. The Morgan fingerprint density at radius 2 is 2.14 bits per heavy atom. The number of urea groups is 1. The standard InChI is InChI=1S/C15H19ClN2O3/c1-3-7-15(2)13(20)18(14(21)17-15)9-12(19)10-5-4-6-11(16)8-10/h4-6,8,12,19H,3,7,9H2,1-2H3,(H,17,21). The van der Waals surface area contributed by atoms with Crippen molar-refractivity contribution in [3.63, 3.8) is 0 Å². The fourth-order valence-corrected chi connectivity index (χ4v) is 2.77. The molecule has 21 heavy (non-hydrogen) atoms. The number of hydrogen-bond acceptors (Lipinski definition) is 3. The monoisotopic (exact) mass is 310 g/mol. The first kappa shape index (κ1) is 15.8. The van der Waals surface area contributed by atoms with Gasteiger partial charge in [0.1, 0.15) is 5.54 Å². The molecule has 5 nitrogen and oxygen atoms in total. The van der Waals surface area contributed by atoms with Gasteiger partial charge in [0.2, 0.25) is 0 Å². The maximum absolute atomic E-state index is 12.4. The van der Waals surface area contributed by atoms with Crippen LogP contribution in [0.2, 0.25) is 5.02 Å². The van der Waals surface area contributed by atoms with Crippen LogP contribution in [0.25, 0.3) is 0 Å². The third-order valence-electron chi connectivity index (χ3n) is 3.68. The number of carbonyl (C=O) groups is 2. The molecule has 0 spiro atoms. The van der Waals surface area contributed by atoms with Crippen LogP contribution in [0.3, 0.4) is 0 Å². The van der Waals surface area contributed by atoms with Crippen LogP contribution in [0, 0.1) is 0 Å². The molecule has 0 radical (unpaired) electrons. The lowest BCUT2D eigenvalue weighted by atomic mass is 9.96. The van der Waals surface area contributed by atoms with Gasteiger partial charge in [0.15, 0.2) is 0 Å². The Morgan fingerprint density at radius 1 is 1.43 bits per heavy atom. The number of hydrogen-bond donors (Lipinski definition) is 2. The number of β-amino-alcohol motifs (C(OH)–C–C–N with tert-alkyl or cyclic N) is 1. The summed E-state index contributed by atoms with van der Waals surface area (Å²) in [5.74, 6) is -0.296. The molecule has 1 fully saturated rings. The Labute approximate surface area is 128 Å². The van der Waals surface area contributed by atoms with Crippen molar-refractivity contribution in [1.29, 1.82) is 0 Å². The van der Waals surface area contributed by atoms with Crippen LogP contribution in [0.1, 0.15) is 38.4 Å². The van der Waals surface area contributed by atoms with E-state index in [0.717, 1.165) is 11.3 Å². The molecule has 0 bridgehead atoms. The highest BCUT2D eigenvalue weighted by atomic mass is 35.5. The molecule has 0 saturated carbocycles. The quantitative estimate of drug-likeness (QED) is 0.821. The van der Waals surface area contributed by atoms with Crippen LogP contribution < -0.4 is 5.32 Å². The van der Waals surface area contributed by atoms with Crippen molar-refractivity contribution in [2.45, 2.75) is 38.3 Å². The zero-order chi connectivity index (χ0) is 15.6. The highest BCUT2D eigenvalue weighted by Crippen LogP contribution is 2.25. The Bertz CT molecular complexity index is 564. The number of aliphatic hydroxyl groups excluding tert-OH is 1. The Balaban J connectivity index is 2.12. The SMILES string of the molecule is CCCC1(C)NC(=O)N(CC(O)c2cccc(Cl)c2)C1=O. The lowest BCUT2D eigenvalue weighted by molar-refractivity contribution is -0.132. The lowest BCUT2D eigenvalue weighted by Gasteiger charge is -2.22. The average molecular weight is 311 g/mol. The molecule has 2 rings (SSSR count). The molecule has 2 atom stereocenters. The van der Waals surface area contributed by atoms with Gasteiger partial charge in [-0.2, -0.15) is 0 Å². The number of halogens is 1. The molecule has 1 aliphatic heterocycles. The van der Waals surface area contributed by atoms with Crippen LogP contribution in [-0.2, 0) is 4.79 Å². The molecule has 1 heterocycles. The second-order valence-corrected chi connectivity index (χ2v) is 5.94. The van der Waals surface area contributed by atoms with Gasteiger partial charge in [-0.15, -0.1) is 0 Å². The summed E-state index contributed by atoms with van der Waals surface area (Å²) in [5, 5.41) is 13.4. The third-order valence-corrected chi connectivity index (χ3v) is 3.92. The third kappa shape index (κ3) is 3.19. The van der Waals surface area contributed by atoms with E-state index in [1.165, 1.54) is 0 Å². The molecule has 1 aromatic rings. The van der Waals surface area contributed by atoms with Gasteiger partial charge in [-0.3, -0.25) is 9.69 Å². The molecule has 1 saturated heterocycles. The van der Waals surface area contributed by atoms with E-state index in [1.807, 2.05) is 6.92 Å². The number of amides is 3. The van der Waals surface area contributed by atoms with E-state index in [4.69, 9.17) is 11.6 Å². The van der Waals surface area contributed by atoms with E-state index in [2.05, 4.69) is 5.32 Å². The first-order valence-electron chi connectivity index (χ1n) is 6.95. The van der Waals surface area contributed by atoms with Crippen molar-refractivity contribution in [2.75, 3.05) is 6.54 Å². The normalized spacial score (nSPS) is 23.3. The second-order valence-electron chi connectivity index (χ2n) is 5.50. The van der Waals surface area contributed by atoms with Gasteiger partial charge in [-0.05, 0) is 31.0 Å². The summed E-state index contributed by atoms with van der Waals surface area (Å²) in [6.07, 6.45) is 0.400. The summed E-state index contributed by atoms with van der Waals surface area (Å²) in [5.41, 5.74) is -0.299. The fourth-order valence-electron chi connectivity index (χ4n) is 2.57. The smallest absolute Gasteiger partial charge is 0.325 e. The highest BCUT2D eigenvalue weighted by molar-refractivity contribution is 6.30. The molecular formula is C15H19ClN2O3.